The number of rotatable bonds is 6. The highest BCUT2D eigenvalue weighted by molar-refractivity contribution is 5.90. The Balaban J connectivity index is 1.88. The van der Waals surface area contributed by atoms with Crippen LogP contribution in [-0.2, 0) is 30.7 Å². The smallest absolute Gasteiger partial charge is 0.416 e. The van der Waals surface area contributed by atoms with E-state index in [-0.39, 0.29) is 30.6 Å². The first-order valence-electron chi connectivity index (χ1n) is 12.4. The van der Waals surface area contributed by atoms with Gasteiger partial charge in [-0.25, -0.2) is 4.79 Å². The minimum Gasteiger partial charge on any atom is -0.449 e. The minimum atomic E-state index is -5.00. The third-order valence-corrected chi connectivity index (χ3v) is 6.54. The molecule has 0 fully saturated rings. The van der Waals surface area contributed by atoms with Gasteiger partial charge in [0.15, 0.2) is 0 Å². The van der Waals surface area contributed by atoms with Crippen LogP contribution in [0.15, 0.2) is 30.3 Å². The number of pyridine rings is 1. The summed E-state index contributed by atoms with van der Waals surface area (Å²) < 4.78 is 86.8. The molecule has 1 aromatic carbocycles. The van der Waals surface area contributed by atoms with Gasteiger partial charge in [-0.15, -0.1) is 5.10 Å². The van der Waals surface area contributed by atoms with Crippen molar-refractivity contribution in [2.45, 2.75) is 64.6 Å². The number of ether oxygens (including phenoxy) is 1. The first-order chi connectivity index (χ1) is 18.7. The zero-order valence-corrected chi connectivity index (χ0v) is 22.1. The van der Waals surface area contributed by atoms with E-state index in [4.69, 9.17) is 4.74 Å². The summed E-state index contributed by atoms with van der Waals surface area (Å²) in [5, 5.41) is 12.0. The lowest BCUT2D eigenvalue weighted by Gasteiger charge is -2.43. The number of carbonyl (C=O) groups is 1. The van der Waals surface area contributed by atoms with Crippen LogP contribution < -0.4 is 9.80 Å². The van der Waals surface area contributed by atoms with Crippen molar-refractivity contribution in [2.75, 3.05) is 16.4 Å². The fourth-order valence-electron chi connectivity index (χ4n) is 4.77. The summed E-state index contributed by atoms with van der Waals surface area (Å²) in [4.78, 5) is 21.6. The van der Waals surface area contributed by atoms with Crippen molar-refractivity contribution in [3.63, 3.8) is 0 Å². The van der Waals surface area contributed by atoms with Crippen molar-refractivity contribution in [1.29, 1.82) is 0 Å². The maximum absolute atomic E-state index is 13.6. The molecule has 3 heterocycles. The van der Waals surface area contributed by atoms with Crippen LogP contribution in [0.4, 0.5) is 42.8 Å². The van der Waals surface area contributed by atoms with Gasteiger partial charge in [0.1, 0.15) is 0 Å². The maximum atomic E-state index is 13.6. The van der Waals surface area contributed by atoms with Gasteiger partial charge in [0, 0.05) is 18.3 Å². The highest BCUT2D eigenvalue weighted by atomic mass is 19.4. The van der Waals surface area contributed by atoms with Gasteiger partial charge in [0.25, 0.3) is 5.95 Å². The topological polar surface area (TPSA) is 89.3 Å². The fourth-order valence-corrected chi connectivity index (χ4v) is 4.77. The van der Waals surface area contributed by atoms with Gasteiger partial charge >= 0.3 is 18.4 Å². The van der Waals surface area contributed by atoms with E-state index >= 15 is 0 Å². The number of aromatic nitrogens is 5. The lowest BCUT2D eigenvalue weighted by molar-refractivity contribution is -0.143. The van der Waals surface area contributed by atoms with E-state index in [0.29, 0.717) is 35.6 Å². The second-order valence-electron chi connectivity index (χ2n) is 9.36. The van der Waals surface area contributed by atoms with Gasteiger partial charge in [-0.2, -0.15) is 31.1 Å². The Hall–Kier alpha value is -3.91. The van der Waals surface area contributed by atoms with E-state index < -0.39 is 48.2 Å². The molecule has 0 unspecified atom stereocenters. The van der Waals surface area contributed by atoms with Gasteiger partial charge in [-0.3, -0.25) is 9.88 Å². The van der Waals surface area contributed by atoms with Gasteiger partial charge in [0.05, 0.1) is 42.2 Å². The Morgan fingerprint density at radius 1 is 1.07 bits per heavy atom. The first kappa shape index (κ1) is 29.1. The summed E-state index contributed by atoms with van der Waals surface area (Å²) >= 11 is 0. The molecule has 0 spiro atoms. The van der Waals surface area contributed by atoms with Crippen LogP contribution in [0, 0.1) is 6.92 Å². The van der Waals surface area contributed by atoms with Crippen LogP contribution in [0.1, 0.15) is 60.8 Å². The van der Waals surface area contributed by atoms with Crippen LogP contribution in [0.3, 0.4) is 0 Å². The molecular formula is C25H27F6N7O2. The molecule has 1 amide bonds. The number of aryl methyl sites for hydroxylation is 2. The highest BCUT2D eigenvalue weighted by Gasteiger charge is 2.42. The third-order valence-electron chi connectivity index (χ3n) is 6.54. The predicted octanol–water partition coefficient (Wildman–Crippen LogP) is 5.84. The van der Waals surface area contributed by atoms with Crippen LogP contribution in [0.25, 0.3) is 0 Å². The van der Waals surface area contributed by atoms with Crippen LogP contribution in [-0.4, -0.2) is 43.9 Å². The summed E-state index contributed by atoms with van der Waals surface area (Å²) in [5.74, 6) is -0.0211. The molecule has 0 saturated carbocycles. The normalized spacial score (nSPS) is 17.5. The van der Waals surface area contributed by atoms with Gasteiger partial charge in [-0.05, 0) is 67.8 Å². The number of halogens is 6. The zero-order valence-electron chi connectivity index (χ0n) is 22.1. The number of alkyl halides is 6. The van der Waals surface area contributed by atoms with Gasteiger partial charge in [-0.1, -0.05) is 12.0 Å². The monoisotopic (exact) mass is 571 g/mol. The minimum absolute atomic E-state index is 0.0211. The second-order valence-corrected chi connectivity index (χ2v) is 9.36. The molecule has 40 heavy (non-hydrogen) atoms. The summed E-state index contributed by atoms with van der Waals surface area (Å²) in [6.45, 7) is 4.97. The van der Waals surface area contributed by atoms with E-state index in [0.717, 1.165) is 4.80 Å². The third kappa shape index (κ3) is 5.97. The van der Waals surface area contributed by atoms with E-state index in [1.54, 1.807) is 26.0 Å². The molecular weight excluding hydrogens is 544 g/mol. The number of amides is 1. The average molecular weight is 572 g/mol. The van der Waals surface area contributed by atoms with Gasteiger partial charge in [0.2, 0.25) is 0 Å². The van der Waals surface area contributed by atoms with Crippen LogP contribution in [0.5, 0.6) is 0 Å². The Morgan fingerprint density at radius 3 is 2.25 bits per heavy atom. The lowest BCUT2D eigenvalue weighted by Crippen LogP contribution is -2.48. The number of carbonyl (C=O) groups excluding carboxylic acids is 1. The van der Waals surface area contributed by atoms with Crippen molar-refractivity contribution in [2.24, 2.45) is 7.05 Å². The maximum Gasteiger partial charge on any atom is 0.416 e. The van der Waals surface area contributed by atoms with Gasteiger partial charge < -0.3 is 9.64 Å². The SMILES string of the molecule is CCOC(=O)N1c2ccc(C)nc2[C@@H](N(Cc2cc(C(F)(F)F)cc(C(F)(F)F)c2)c2nnn(C)n2)C[C@H]1CC. The van der Waals surface area contributed by atoms with Crippen LogP contribution >= 0.6 is 0 Å². The van der Waals surface area contributed by atoms with Crippen LogP contribution in [0.2, 0.25) is 0 Å². The molecule has 216 valence electrons. The molecule has 2 atom stereocenters. The second kappa shape index (κ2) is 10.9. The summed E-state index contributed by atoms with van der Waals surface area (Å²) in [7, 11) is 1.48. The number of anilines is 2. The van der Waals surface area contributed by atoms with Crippen molar-refractivity contribution in [3.8, 4) is 0 Å². The molecule has 4 rings (SSSR count). The van der Waals surface area contributed by atoms with Crippen molar-refractivity contribution in [3.05, 3.63) is 58.4 Å². The number of hydrogen-bond donors (Lipinski definition) is 0. The molecule has 15 heteroatoms. The number of tetrazole rings is 1. The molecule has 9 nitrogen and oxygen atoms in total. The Morgan fingerprint density at radius 2 is 1.73 bits per heavy atom. The first-order valence-corrected chi connectivity index (χ1v) is 12.4. The molecule has 3 aromatic rings. The number of fused-ring (bicyclic) bond motifs is 1. The number of hydrogen-bond acceptors (Lipinski definition) is 7. The molecule has 0 bridgehead atoms. The summed E-state index contributed by atoms with van der Waals surface area (Å²) in [6.07, 6.45) is -9.89. The molecule has 0 N–H and O–H groups in total. The molecule has 0 radical (unpaired) electrons. The molecule has 2 aromatic heterocycles. The Labute approximate surface area is 225 Å². The van der Waals surface area contributed by atoms with E-state index in [9.17, 15) is 31.1 Å². The highest BCUT2D eigenvalue weighted by Crippen LogP contribution is 2.43. The van der Waals surface area contributed by atoms with E-state index in [1.807, 2.05) is 6.92 Å². The Kier molecular flexibility index (Phi) is 7.94. The lowest BCUT2D eigenvalue weighted by atomic mass is 9.91. The zero-order chi connectivity index (χ0) is 29.4. The largest absolute Gasteiger partial charge is 0.449 e. The van der Waals surface area contributed by atoms with Crippen molar-refractivity contribution >= 4 is 17.7 Å². The average Bonchev–Trinajstić information content (AvgIpc) is 3.31. The summed E-state index contributed by atoms with van der Waals surface area (Å²) in [6, 6.07) is 3.68. The summed E-state index contributed by atoms with van der Waals surface area (Å²) in [5.41, 5.74) is -1.73. The van der Waals surface area contributed by atoms with Crippen molar-refractivity contribution in [1.82, 2.24) is 25.2 Å². The predicted molar refractivity (Wildman–Crippen MR) is 131 cm³/mol. The van der Waals surface area contributed by atoms with E-state index in [2.05, 4.69) is 20.4 Å². The van der Waals surface area contributed by atoms with Crippen molar-refractivity contribution < 1.29 is 35.9 Å². The fraction of sp³-hybridized carbons (Fsp3) is 0.480. The molecule has 1 aliphatic heterocycles. The Bertz CT molecular complexity index is 1340. The number of nitrogens with zero attached hydrogens (tertiary/aromatic N) is 7. The molecule has 0 saturated heterocycles. The quantitative estimate of drug-likeness (QED) is 0.343. The number of benzene rings is 1. The standard InChI is InChI=1S/C25H27F6N7O2/c1-5-18-12-20(21-19(8-7-14(3)32-21)38(18)23(39)40-6-2)37(22-33-35-36(4)34-22)13-15-9-16(24(26,27)28)11-17(10-15)25(29,30)31/h7-11,18,20H,5-6,12-13H2,1-4H3/t18-,20+/m1/s1. The molecule has 0 aliphatic carbocycles. The van der Waals surface area contributed by atoms with E-state index in [1.165, 1.54) is 16.8 Å². The molecule has 1 aliphatic rings.